The van der Waals surface area contributed by atoms with Crippen molar-refractivity contribution >= 4 is 9.84 Å². The molecule has 1 aromatic carbocycles. The minimum Gasteiger partial charge on any atom is -0.377 e. The summed E-state index contributed by atoms with van der Waals surface area (Å²) in [7, 11) is -4.12. The van der Waals surface area contributed by atoms with Crippen molar-refractivity contribution in [1.29, 1.82) is 0 Å². The molecule has 0 spiro atoms. The SMILES string of the molecule is CC1(S(=O)(=O)c2cccc(C(F)(F)F)c2)CCOC(c2cc(CF)nn2C2COC2)C1. The lowest BCUT2D eigenvalue weighted by molar-refractivity contribution is -0.137. The Labute approximate surface area is 177 Å². The van der Waals surface area contributed by atoms with Crippen LogP contribution in [0.25, 0.3) is 0 Å². The van der Waals surface area contributed by atoms with Gasteiger partial charge in [-0.3, -0.25) is 4.68 Å². The van der Waals surface area contributed by atoms with E-state index in [4.69, 9.17) is 9.47 Å². The lowest BCUT2D eigenvalue weighted by atomic mass is 9.94. The highest BCUT2D eigenvalue weighted by atomic mass is 32.2. The summed E-state index contributed by atoms with van der Waals surface area (Å²) in [4.78, 5) is -0.379. The Hall–Kier alpha value is -1.98. The molecule has 1 aromatic heterocycles. The van der Waals surface area contributed by atoms with Crippen LogP contribution < -0.4 is 0 Å². The summed E-state index contributed by atoms with van der Waals surface area (Å²) >= 11 is 0. The van der Waals surface area contributed by atoms with Crippen molar-refractivity contribution in [2.24, 2.45) is 0 Å². The number of nitrogens with zero attached hydrogens (tertiary/aromatic N) is 2. The molecule has 2 saturated heterocycles. The molecule has 0 aliphatic carbocycles. The lowest BCUT2D eigenvalue weighted by Crippen LogP contribution is -2.43. The first-order valence-electron chi connectivity index (χ1n) is 9.81. The zero-order valence-corrected chi connectivity index (χ0v) is 17.5. The van der Waals surface area contributed by atoms with Crippen LogP contribution in [-0.2, 0) is 32.2 Å². The number of aromatic nitrogens is 2. The van der Waals surface area contributed by atoms with Gasteiger partial charge in [0, 0.05) is 6.61 Å². The summed E-state index contributed by atoms with van der Waals surface area (Å²) in [6, 6.07) is 5.24. The highest BCUT2D eigenvalue weighted by Gasteiger charge is 2.46. The molecule has 2 aliphatic heterocycles. The minimum absolute atomic E-state index is 0.0105. The molecule has 4 rings (SSSR count). The fourth-order valence-corrected chi connectivity index (χ4v) is 5.78. The maximum absolute atomic E-state index is 13.4. The Bertz CT molecular complexity index is 1070. The molecule has 31 heavy (non-hydrogen) atoms. The topological polar surface area (TPSA) is 70.4 Å². The van der Waals surface area contributed by atoms with Gasteiger partial charge in [0.05, 0.1) is 45.8 Å². The molecule has 11 heteroatoms. The van der Waals surface area contributed by atoms with E-state index in [9.17, 15) is 26.0 Å². The molecule has 0 bridgehead atoms. The first kappa shape index (κ1) is 22.2. The van der Waals surface area contributed by atoms with E-state index in [1.54, 1.807) is 10.7 Å². The van der Waals surface area contributed by atoms with Crippen LogP contribution in [0, 0.1) is 0 Å². The van der Waals surface area contributed by atoms with Gasteiger partial charge in [-0.2, -0.15) is 18.3 Å². The fourth-order valence-electron chi connectivity index (χ4n) is 3.95. The third-order valence-electron chi connectivity index (χ3n) is 5.94. The van der Waals surface area contributed by atoms with E-state index in [2.05, 4.69) is 5.10 Å². The Morgan fingerprint density at radius 3 is 2.61 bits per heavy atom. The molecule has 3 heterocycles. The molecule has 0 amide bonds. The summed E-state index contributed by atoms with van der Waals surface area (Å²) < 4.78 is 90.6. The number of sulfone groups is 1. The van der Waals surface area contributed by atoms with Crippen molar-refractivity contribution in [3.8, 4) is 0 Å². The third-order valence-corrected chi connectivity index (χ3v) is 8.48. The standard InChI is InChI=1S/C20H22F4N2O4S/c1-19(31(27,28)16-4-2-3-13(7-16)20(22,23)24)5-6-30-18(9-19)17-8-14(10-21)25-26(17)15-11-29-12-15/h2-4,7-8,15,18H,5-6,9-12H2,1H3. The Kier molecular flexibility index (Phi) is 5.63. The maximum Gasteiger partial charge on any atom is 0.416 e. The average molecular weight is 462 g/mol. The normalized spacial score (nSPS) is 25.4. The molecule has 2 fully saturated rings. The smallest absolute Gasteiger partial charge is 0.377 e. The second-order valence-electron chi connectivity index (χ2n) is 8.12. The van der Waals surface area contributed by atoms with Gasteiger partial charge in [0.2, 0.25) is 0 Å². The molecule has 2 aliphatic rings. The summed E-state index contributed by atoms with van der Waals surface area (Å²) in [5.74, 6) is 0. The predicted molar refractivity (Wildman–Crippen MR) is 102 cm³/mol. The molecule has 2 atom stereocenters. The molecule has 0 N–H and O–H groups in total. The lowest BCUT2D eigenvalue weighted by Gasteiger charge is -2.38. The van der Waals surface area contributed by atoms with E-state index < -0.39 is 39.1 Å². The fraction of sp³-hybridized carbons (Fsp3) is 0.550. The van der Waals surface area contributed by atoms with Crippen LogP contribution in [0.5, 0.6) is 0 Å². The second kappa shape index (κ2) is 7.86. The van der Waals surface area contributed by atoms with Crippen molar-refractivity contribution in [2.75, 3.05) is 19.8 Å². The van der Waals surface area contributed by atoms with Crippen molar-refractivity contribution in [2.45, 2.75) is 54.4 Å². The summed E-state index contributed by atoms with van der Waals surface area (Å²) in [6.07, 6.45) is -5.20. The van der Waals surface area contributed by atoms with E-state index in [1.165, 1.54) is 13.0 Å². The summed E-state index contributed by atoms with van der Waals surface area (Å²) in [5.41, 5.74) is -0.263. The molecule has 170 valence electrons. The van der Waals surface area contributed by atoms with Crippen LogP contribution in [0.15, 0.2) is 35.2 Å². The number of hydrogen-bond donors (Lipinski definition) is 0. The van der Waals surface area contributed by atoms with E-state index in [-0.39, 0.29) is 36.1 Å². The van der Waals surface area contributed by atoms with Crippen LogP contribution in [0.3, 0.4) is 0 Å². The van der Waals surface area contributed by atoms with Gasteiger partial charge in [-0.15, -0.1) is 0 Å². The Balaban J connectivity index is 1.67. The van der Waals surface area contributed by atoms with E-state index in [0.717, 1.165) is 12.1 Å². The van der Waals surface area contributed by atoms with E-state index in [0.29, 0.717) is 25.0 Å². The molecule has 2 unspecified atom stereocenters. The number of ether oxygens (including phenoxy) is 2. The molecule has 2 aromatic rings. The van der Waals surface area contributed by atoms with Crippen molar-refractivity contribution in [3.05, 3.63) is 47.3 Å². The highest BCUT2D eigenvalue weighted by molar-refractivity contribution is 7.92. The van der Waals surface area contributed by atoms with Crippen LogP contribution in [-0.4, -0.2) is 42.8 Å². The van der Waals surface area contributed by atoms with Crippen LogP contribution >= 0.6 is 0 Å². The first-order valence-corrected chi connectivity index (χ1v) is 11.3. The monoisotopic (exact) mass is 462 g/mol. The van der Waals surface area contributed by atoms with Gasteiger partial charge in [0.1, 0.15) is 12.8 Å². The Morgan fingerprint density at radius 2 is 2.00 bits per heavy atom. The van der Waals surface area contributed by atoms with Crippen LogP contribution in [0.2, 0.25) is 0 Å². The quantitative estimate of drug-likeness (QED) is 0.628. The average Bonchev–Trinajstić information content (AvgIpc) is 3.10. The van der Waals surface area contributed by atoms with Crippen molar-refractivity contribution in [1.82, 2.24) is 9.78 Å². The minimum atomic E-state index is -4.65. The van der Waals surface area contributed by atoms with Crippen molar-refractivity contribution < 1.29 is 35.5 Å². The molecule has 0 saturated carbocycles. The first-order chi connectivity index (χ1) is 14.5. The van der Waals surface area contributed by atoms with Crippen molar-refractivity contribution in [3.63, 3.8) is 0 Å². The molecular weight excluding hydrogens is 440 g/mol. The van der Waals surface area contributed by atoms with Gasteiger partial charge in [-0.05, 0) is 44.0 Å². The van der Waals surface area contributed by atoms with Gasteiger partial charge in [0.15, 0.2) is 9.84 Å². The maximum atomic E-state index is 13.4. The van der Waals surface area contributed by atoms with E-state index in [1.807, 2.05) is 0 Å². The van der Waals surface area contributed by atoms with Gasteiger partial charge in [0.25, 0.3) is 0 Å². The molecular formula is C20H22F4N2O4S. The summed E-state index contributed by atoms with van der Waals surface area (Å²) in [5, 5.41) is 4.24. The number of halogens is 4. The summed E-state index contributed by atoms with van der Waals surface area (Å²) in [6.45, 7) is 1.65. The number of hydrogen-bond acceptors (Lipinski definition) is 5. The van der Waals surface area contributed by atoms with Gasteiger partial charge < -0.3 is 9.47 Å². The predicted octanol–water partition coefficient (Wildman–Crippen LogP) is 4.03. The zero-order chi connectivity index (χ0) is 22.4. The largest absolute Gasteiger partial charge is 0.416 e. The highest BCUT2D eigenvalue weighted by Crippen LogP contribution is 2.43. The van der Waals surface area contributed by atoms with Crippen LogP contribution in [0.1, 0.15) is 48.9 Å². The van der Waals surface area contributed by atoms with Crippen LogP contribution in [0.4, 0.5) is 17.6 Å². The number of benzene rings is 1. The molecule has 0 radical (unpaired) electrons. The second-order valence-corrected chi connectivity index (χ2v) is 10.6. The van der Waals surface area contributed by atoms with Gasteiger partial charge in [-0.25, -0.2) is 12.8 Å². The van der Waals surface area contributed by atoms with Gasteiger partial charge in [-0.1, -0.05) is 6.07 Å². The zero-order valence-electron chi connectivity index (χ0n) is 16.7. The third kappa shape index (κ3) is 3.98. The Morgan fingerprint density at radius 1 is 1.26 bits per heavy atom. The van der Waals surface area contributed by atoms with Gasteiger partial charge >= 0.3 is 6.18 Å². The molecule has 6 nitrogen and oxygen atoms in total. The van der Waals surface area contributed by atoms with E-state index >= 15 is 0 Å². The number of alkyl halides is 4. The number of rotatable bonds is 5.